The smallest absolute Gasteiger partial charge is 0.308 e. The summed E-state index contributed by atoms with van der Waals surface area (Å²) in [5.74, 6) is -0.529. The lowest BCUT2D eigenvalue weighted by atomic mass is 10.2. The molecule has 0 unspecified atom stereocenters. The van der Waals surface area contributed by atoms with Gasteiger partial charge in [0.25, 0.3) is 10.0 Å². The van der Waals surface area contributed by atoms with Gasteiger partial charge in [-0.2, -0.15) is 0 Å². The van der Waals surface area contributed by atoms with E-state index in [4.69, 9.17) is 11.6 Å². The fraction of sp³-hybridized carbons (Fsp3) is 0.200. The van der Waals surface area contributed by atoms with Gasteiger partial charge in [-0.05, 0) is 68.8 Å². The molecule has 0 radical (unpaired) electrons. The molecule has 4 rings (SSSR count). The Kier molecular flexibility index (Phi) is 7.02. The molecule has 0 saturated heterocycles. The molecule has 7 nitrogen and oxygen atoms in total. The van der Waals surface area contributed by atoms with Gasteiger partial charge in [0.1, 0.15) is 6.54 Å². The van der Waals surface area contributed by atoms with Crippen LogP contribution in [0.4, 0.5) is 11.4 Å². The summed E-state index contributed by atoms with van der Waals surface area (Å²) in [6.07, 6.45) is 0. The summed E-state index contributed by atoms with van der Waals surface area (Å²) in [7, 11) is -4.06. The molecular formula is C25H24ClN3O4S2. The standard InChI is InChI=1S/C25H24ClN3O4S2/c1-4-28-22-12-8-18(13-23(22)34-25(28)31)27-24(30)15-29(19-9-7-17(3)21(26)14-19)35(32,33)20-10-5-16(2)6-11-20/h5-14H,4,15H2,1-3H3,(H,27,30). The summed E-state index contributed by atoms with van der Waals surface area (Å²) in [6.45, 7) is 5.66. The lowest BCUT2D eigenvalue weighted by molar-refractivity contribution is -0.114. The molecule has 0 aliphatic rings. The van der Waals surface area contributed by atoms with Crippen LogP contribution >= 0.6 is 22.9 Å². The monoisotopic (exact) mass is 529 g/mol. The molecule has 1 amide bonds. The topological polar surface area (TPSA) is 88.5 Å². The summed E-state index contributed by atoms with van der Waals surface area (Å²) < 4.78 is 30.5. The van der Waals surface area contributed by atoms with Gasteiger partial charge in [0.2, 0.25) is 5.91 Å². The molecule has 0 aliphatic carbocycles. The van der Waals surface area contributed by atoms with E-state index in [-0.39, 0.29) is 15.5 Å². The number of nitrogens with zero attached hydrogens (tertiary/aromatic N) is 2. The number of carbonyl (C=O) groups excluding carboxylic acids is 1. The van der Waals surface area contributed by atoms with Crippen molar-refractivity contribution in [1.29, 1.82) is 0 Å². The Morgan fingerprint density at radius 2 is 1.77 bits per heavy atom. The summed E-state index contributed by atoms with van der Waals surface area (Å²) in [6, 6.07) is 16.5. The Labute approximate surface area is 212 Å². The number of halogens is 1. The van der Waals surface area contributed by atoms with E-state index in [2.05, 4.69) is 5.32 Å². The molecular weight excluding hydrogens is 506 g/mol. The summed E-state index contributed by atoms with van der Waals surface area (Å²) in [4.78, 5) is 25.2. The highest BCUT2D eigenvalue weighted by Crippen LogP contribution is 2.28. The predicted octanol–water partition coefficient (Wildman–Crippen LogP) is 5.19. The number of carbonyl (C=O) groups is 1. The molecule has 10 heteroatoms. The number of nitrogens with one attached hydrogen (secondary N) is 1. The van der Waals surface area contributed by atoms with E-state index in [1.165, 1.54) is 18.2 Å². The van der Waals surface area contributed by atoms with E-state index < -0.39 is 22.5 Å². The van der Waals surface area contributed by atoms with Crippen molar-refractivity contribution in [2.45, 2.75) is 32.2 Å². The largest absolute Gasteiger partial charge is 0.324 e. The SMILES string of the molecule is CCn1c(=O)sc2cc(NC(=O)CN(c3ccc(C)c(Cl)c3)S(=O)(=O)c3ccc(C)cc3)ccc21. The van der Waals surface area contributed by atoms with Crippen LogP contribution in [0.2, 0.25) is 5.02 Å². The second kappa shape index (κ2) is 9.85. The van der Waals surface area contributed by atoms with Gasteiger partial charge in [0, 0.05) is 17.3 Å². The van der Waals surface area contributed by atoms with Crippen molar-refractivity contribution in [3.8, 4) is 0 Å². The van der Waals surface area contributed by atoms with Gasteiger partial charge in [-0.3, -0.25) is 18.5 Å². The Morgan fingerprint density at radius 1 is 1.06 bits per heavy atom. The molecule has 1 N–H and O–H groups in total. The molecule has 1 heterocycles. The van der Waals surface area contributed by atoms with E-state index in [0.29, 0.717) is 17.3 Å². The van der Waals surface area contributed by atoms with E-state index in [1.807, 2.05) is 20.8 Å². The van der Waals surface area contributed by atoms with Crippen LogP contribution in [-0.2, 0) is 21.4 Å². The Hall–Kier alpha value is -3.14. The van der Waals surface area contributed by atoms with Crippen molar-refractivity contribution in [1.82, 2.24) is 4.57 Å². The number of sulfonamides is 1. The minimum atomic E-state index is -4.06. The normalized spacial score (nSPS) is 11.5. The third kappa shape index (κ3) is 5.12. The van der Waals surface area contributed by atoms with Crippen molar-refractivity contribution < 1.29 is 13.2 Å². The lowest BCUT2D eigenvalue weighted by Gasteiger charge is -2.24. The third-order valence-electron chi connectivity index (χ3n) is 5.61. The second-order valence-corrected chi connectivity index (χ2v) is 11.4. The minimum Gasteiger partial charge on any atom is -0.324 e. The van der Waals surface area contributed by atoms with Crippen LogP contribution in [-0.4, -0.2) is 25.4 Å². The zero-order valence-electron chi connectivity index (χ0n) is 19.4. The number of fused-ring (bicyclic) bond motifs is 1. The summed E-state index contributed by atoms with van der Waals surface area (Å²) in [5, 5.41) is 3.15. The number of aryl methyl sites for hydroxylation is 3. The van der Waals surface area contributed by atoms with Gasteiger partial charge in [-0.25, -0.2) is 8.42 Å². The number of aromatic nitrogens is 1. The van der Waals surface area contributed by atoms with E-state index in [1.54, 1.807) is 47.0 Å². The number of anilines is 2. The maximum absolute atomic E-state index is 13.5. The highest BCUT2D eigenvalue weighted by molar-refractivity contribution is 7.92. The number of rotatable bonds is 7. The van der Waals surface area contributed by atoms with Gasteiger partial charge < -0.3 is 5.32 Å². The Balaban J connectivity index is 1.66. The van der Waals surface area contributed by atoms with Crippen LogP contribution in [0, 0.1) is 13.8 Å². The summed E-state index contributed by atoms with van der Waals surface area (Å²) in [5.41, 5.74) is 3.25. The Bertz CT molecular complexity index is 1570. The number of amides is 1. The van der Waals surface area contributed by atoms with Gasteiger partial charge in [0.15, 0.2) is 0 Å². The molecule has 0 saturated carbocycles. The minimum absolute atomic E-state index is 0.0692. The molecule has 0 bridgehead atoms. The first-order valence-electron chi connectivity index (χ1n) is 10.9. The highest BCUT2D eigenvalue weighted by Gasteiger charge is 2.27. The molecule has 35 heavy (non-hydrogen) atoms. The Morgan fingerprint density at radius 3 is 2.43 bits per heavy atom. The number of hydrogen-bond donors (Lipinski definition) is 1. The predicted molar refractivity (Wildman–Crippen MR) is 142 cm³/mol. The van der Waals surface area contributed by atoms with Crippen molar-refractivity contribution in [2.75, 3.05) is 16.2 Å². The molecule has 0 aliphatic heterocycles. The van der Waals surface area contributed by atoms with Crippen molar-refractivity contribution in [3.05, 3.63) is 86.5 Å². The molecule has 0 spiro atoms. The third-order valence-corrected chi connectivity index (χ3v) is 8.75. The molecule has 182 valence electrons. The van der Waals surface area contributed by atoms with Crippen LogP contribution in [0.25, 0.3) is 10.2 Å². The van der Waals surface area contributed by atoms with Crippen molar-refractivity contribution in [2.24, 2.45) is 0 Å². The van der Waals surface area contributed by atoms with E-state index >= 15 is 0 Å². The van der Waals surface area contributed by atoms with E-state index in [9.17, 15) is 18.0 Å². The zero-order valence-corrected chi connectivity index (χ0v) is 21.8. The van der Waals surface area contributed by atoms with Gasteiger partial charge in [-0.15, -0.1) is 0 Å². The first kappa shape index (κ1) is 25.0. The number of hydrogen-bond acceptors (Lipinski definition) is 5. The molecule has 4 aromatic rings. The first-order chi connectivity index (χ1) is 16.6. The highest BCUT2D eigenvalue weighted by atomic mass is 35.5. The van der Waals surface area contributed by atoms with Crippen LogP contribution in [0.5, 0.6) is 0 Å². The van der Waals surface area contributed by atoms with Crippen LogP contribution in [0.1, 0.15) is 18.1 Å². The first-order valence-corrected chi connectivity index (χ1v) is 13.5. The lowest BCUT2D eigenvalue weighted by Crippen LogP contribution is -2.38. The van der Waals surface area contributed by atoms with Crippen LogP contribution < -0.4 is 14.5 Å². The molecule has 3 aromatic carbocycles. The average Bonchev–Trinajstić information content (AvgIpc) is 3.13. The molecule has 0 atom stereocenters. The van der Waals surface area contributed by atoms with Gasteiger partial charge in [-0.1, -0.05) is 46.7 Å². The number of benzene rings is 3. The van der Waals surface area contributed by atoms with Crippen LogP contribution in [0.15, 0.2) is 70.4 Å². The van der Waals surface area contributed by atoms with E-state index in [0.717, 1.165) is 37.0 Å². The fourth-order valence-corrected chi connectivity index (χ4v) is 6.25. The zero-order chi connectivity index (χ0) is 25.3. The van der Waals surface area contributed by atoms with Crippen molar-refractivity contribution in [3.63, 3.8) is 0 Å². The maximum Gasteiger partial charge on any atom is 0.308 e. The maximum atomic E-state index is 13.5. The van der Waals surface area contributed by atoms with Gasteiger partial charge >= 0.3 is 4.87 Å². The quantitative estimate of drug-likeness (QED) is 0.357. The molecule has 1 aromatic heterocycles. The second-order valence-electron chi connectivity index (χ2n) is 8.10. The fourth-order valence-electron chi connectivity index (χ4n) is 3.66. The van der Waals surface area contributed by atoms with Crippen molar-refractivity contribution >= 4 is 60.5 Å². The van der Waals surface area contributed by atoms with Gasteiger partial charge in [0.05, 0.1) is 20.8 Å². The molecule has 0 fully saturated rings. The summed E-state index contributed by atoms with van der Waals surface area (Å²) >= 11 is 7.37. The number of thiazole rings is 1. The average molecular weight is 530 g/mol. The van der Waals surface area contributed by atoms with Crippen LogP contribution in [0.3, 0.4) is 0 Å².